The van der Waals surface area contributed by atoms with Crippen molar-refractivity contribution in [2.24, 2.45) is 0 Å². The van der Waals surface area contributed by atoms with Gasteiger partial charge in [0, 0.05) is 30.5 Å². The van der Waals surface area contributed by atoms with E-state index in [1.165, 1.54) is 5.56 Å². The average molecular weight is 405 g/mol. The van der Waals surface area contributed by atoms with Crippen LogP contribution in [0.3, 0.4) is 0 Å². The third-order valence-electron chi connectivity index (χ3n) is 5.38. The van der Waals surface area contributed by atoms with Gasteiger partial charge in [-0.2, -0.15) is 0 Å². The van der Waals surface area contributed by atoms with E-state index < -0.39 is 0 Å². The molecule has 1 amide bonds. The highest BCUT2D eigenvalue weighted by molar-refractivity contribution is 5.94. The molecule has 4 heteroatoms. The number of aromatic nitrogens is 1. The number of unbranched alkanes of at least 4 members (excludes halogenated alkanes) is 2. The average Bonchev–Trinajstić information content (AvgIpc) is 3.20. The molecule has 0 aliphatic rings. The summed E-state index contributed by atoms with van der Waals surface area (Å²) in [7, 11) is 1.69. The van der Waals surface area contributed by atoms with Crippen molar-refractivity contribution in [1.82, 2.24) is 9.47 Å². The lowest BCUT2D eigenvalue weighted by Gasteiger charge is -2.24. The molecule has 0 bridgehead atoms. The molecule has 3 aromatic rings. The smallest absolute Gasteiger partial charge is 0.254 e. The molecule has 0 radical (unpaired) electrons. The van der Waals surface area contributed by atoms with Gasteiger partial charge in [-0.05, 0) is 55.3 Å². The molecule has 0 unspecified atom stereocenters. The zero-order valence-corrected chi connectivity index (χ0v) is 18.3. The van der Waals surface area contributed by atoms with Crippen LogP contribution in [0.2, 0.25) is 0 Å². The van der Waals surface area contributed by atoms with E-state index in [9.17, 15) is 4.79 Å². The predicted molar refractivity (Wildman–Crippen MR) is 122 cm³/mol. The van der Waals surface area contributed by atoms with Gasteiger partial charge in [-0.15, -0.1) is 0 Å². The lowest BCUT2D eigenvalue weighted by molar-refractivity contribution is 0.0736. The number of carbonyl (C=O) groups excluding carboxylic acids is 1. The van der Waals surface area contributed by atoms with E-state index in [2.05, 4.69) is 42.0 Å². The van der Waals surface area contributed by atoms with Crippen molar-refractivity contribution >= 4 is 5.91 Å². The van der Waals surface area contributed by atoms with Crippen LogP contribution in [0.4, 0.5) is 0 Å². The summed E-state index contributed by atoms with van der Waals surface area (Å²) in [6.45, 7) is 6.35. The van der Waals surface area contributed by atoms with E-state index in [1.54, 1.807) is 7.11 Å². The summed E-state index contributed by atoms with van der Waals surface area (Å²) in [5.74, 6) is 0.956. The van der Waals surface area contributed by atoms with Gasteiger partial charge in [-0.3, -0.25) is 4.79 Å². The molecule has 3 rings (SSSR count). The summed E-state index contributed by atoms with van der Waals surface area (Å²) < 4.78 is 7.56. The number of nitrogens with zero attached hydrogens (tertiary/aromatic N) is 2. The van der Waals surface area contributed by atoms with Gasteiger partial charge in [0.1, 0.15) is 5.75 Å². The van der Waals surface area contributed by atoms with Gasteiger partial charge < -0.3 is 14.2 Å². The Kier molecular flexibility index (Phi) is 7.72. The van der Waals surface area contributed by atoms with Gasteiger partial charge >= 0.3 is 0 Å². The molecule has 0 aliphatic carbocycles. The Hall–Kier alpha value is -3.01. The molecule has 0 fully saturated rings. The summed E-state index contributed by atoms with van der Waals surface area (Å²) in [4.78, 5) is 15.2. The number of ether oxygens (including phenoxy) is 1. The number of rotatable bonds is 10. The molecule has 1 heterocycles. The van der Waals surface area contributed by atoms with Crippen LogP contribution in [0.25, 0.3) is 0 Å². The zero-order chi connectivity index (χ0) is 21.3. The summed E-state index contributed by atoms with van der Waals surface area (Å²) in [5, 5.41) is 0. The topological polar surface area (TPSA) is 34.5 Å². The lowest BCUT2D eigenvalue weighted by Crippen LogP contribution is -2.32. The van der Waals surface area contributed by atoms with E-state index in [4.69, 9.17) is 4.74 Å². The first-order chi connectivity index (χ1) is 14.6. The number of aryl methyl sites for hydroxylation is 1. The third-order valence-corrected chi connectivity index (χ3v) is 5.38. The Balaban J connectivity index is 1.78. The van der Waals surface area contributed by atoms with Crippen molar-refractivity contribution in [2.45, 2.75) is 46.2 Å². The summed E-state index contributed by atoms with van der Waals surface area (Å²) in [6.07, 6.45) is 5.36. The summed E-state index contributed by atoms with van der Waals surface area (Å²) >= 11 is 0. The minimum Gasteiger partial charge on any atom is -0.497 e. The summed E-state index contributed by atoms with van der Waals surface area (Å²) in [5.41, 5.74) is 4.23. The highest BCUT2D eigenvalue weighted by Gasteiger charge is 2.17. The highest BCUT2D eigenvalue weighted by atomic mass is 16.5. The Morgan fingerprint density at radius 1 is 1.03 bits per heavy atom. The predicted octanol–water partition coefficient (Wildman–Crippen LogP) is 5.69. The normalized spacial score (nSPS) is 10.8. The second-order valence-electron chi connectivity index (χ2n) is 7.78. The highest BCUT2D eigenvalue weighted by Crippen LogP contribution is 2.17. The number of carbonyl (C=O) groups is 1. The maximum absolute atomic E-state index is 13.2. The molecule has 0 aliphatic heterocycles. The molecule has 0 atom stereocenters. The third kappa shape index (κ3) is 5.76. The molecule has 158 valence electrons. The molecule has 0 saturated carbocycles. The van der Waals surface area contributed by atoms with Crippen LogP contribution < -0.4 is 4.74 Å². The van der Waals surface area contributed by atoms with Gasteiger partial charge in [0.15, 0.2) is 0 Å². The van der Waals surface area contributed by atoms with E-state index >= 15 is 0 Å². The second kappa shape index (κ2) is 10.7. The van der Waals surface area contributed by atoms with Crippen molar-refractivity contribution in [2.75, 3.05) is 13.7 Å². The SMILES string of the molecule is CCCCCN(Cc1cccn1Cc1cccc(OC)c1)C(=O)c1ccc(C)cc1. The van der Waals surface area contributed by atoms with E-state index in [1.807, 2.05) is 48.2 Å². The van der Waals surface area contributed by atoms with Crippen LogP contribution in [0.5, 0.6) is 5.75 Å². The van der Waals surface area contributed by atoms with Crippen LogP contribution in [0.15, 0.2) is 66.9 Å². The quantitative estimate of drug-likeness (QED) is 0.407. The Morgan fingerprint density at radius 3 is 2.57 bits per heavy atom. The molecular formula is C26H32N2O2. The molecule has 2 aromatic carbocycles. The Labute approximate surface area is 180 Å². The fourth-order valence-electron chi connectivity index (χ4n) is 3.59. The fraction of sp³-hybridized carbons (Fsp3) is 0.346. The summed E-state index contributed by atoms with van der Waals surface area (Å²) in [6, 6.07) is 20.1. The molecule has 30 heavy (non-hydrogen) atoms. The van der Waals surface area contributed by atoms with Crippen molar-refractivity contribution < 1.29 is 9.53 Å². The van der Waals surface area contributed by atoms with Crippen molar-refractivity contribution in [3.05, 3.63) is 89.2 Å². The van der Waals surface area contributed by atoms with Crippen molar-refractivity contribution in [1.29, 1.82) is 0 Å². The molecule has 0 saturated heterocycles. The molecule has 0 spiro atoms. The largest absolute Gasteiger partial charge is 0.497 e. The van der Waals surface area contributed by atoms with Crippen LogP contribution in [0.1, 0.15) is 53.4 Å². The maximum atomic E-state index is 13.2. The number of benzene rings is 2. The van der Waals surface area contributed by atoms with Gasteiger partial charge in [0.05, 0.1) is 13.7 Å². The first-order valence-corrected chi connectivity index (χ1v) is 10.7. The van der Waals surface area contributed by atoms with Gasteiger partial charge in [0.25, 0.3) is 5.91 Å². The maximum Gasteiger partial charge on any atom is 0.254 e. The zero-order valence-electron chi connectivity index (χ0n) is 18.3. The minimum absolute atomic E-state index is 0.0974. The molecule has 4 nitrogen and oxygen atoms in total. The van der Waals surface area contributed by atoms with Crippen molar-refractivity contribution in [3.8, 4) is 5.75 Å². The monoisotopic (exact) mass is 404 g/mol. The Bertz CT molecular complexity index is 944. The van der Waals surface area contributed by atoms with Crippen LogP contribution in [-0.4, -0.2) is 29.0 Å². The van der Waals surface area contributed by atoms with Crippen LogP contribution in [0, 0.1) is 6.92 Å². The second-order valence-corrected chi connectivity index (χ2v) is 7.78. The van der Waals surface area contributed by atoms with Gasteiger partial charge in [-0.25, -0.2) is 0 Å². The fourth-order valence-corrected chi connectivity index (χ4v) is 3.59. The molecule has 0 N–H and O–H groups in total. The minimum atomic E-state index is 0.0974. The number of methoxy groups -OCH3 is 1. The van der Waals surface area contributed by atoms with Crippen LogP contribution >= 0.6 is 0 Å². The van der Waals surface area contributed by atoms with E-state index in [-0.39, 0.29) is 5.91 Å². The molecular weight excluding hydrogens is 372 g/mol. The van der Waals surface area contributed by atoms with Gasteiger partial charge in [0.2, 0.25) is 0 Å². The lowest BCUT2D eigenvalue weighted by atomic mass is 10.1. The first-order valence-electron chi connectivity index (χ1n) is 10.7. The number of hydrogen-bond acceptors (Lipinski definition) is 2. The van der Waals surface area contributed by atoms with E-state index in [0.29, 0.717) is 6.54 Å². The standard InChI is InChI=1S/C26H32N2O2/c1-4-5-6-16-28(26(29)23-14-12-21(2)13-15-23)20-24-10-8-17-27(24)19-22-9-7-11-25(18-22)30-3/h7-15,17-18H,4-6,16,19-20H2,1-3H3. The molecule has 1 aromatic heterocycles. The number of hydrogen-bond donors (Lipinski definition) is 0. The first kappa shape index (κ1) is 21.7. The van der Waals surface area contributed by atoms with E-state index in [0.717, 1.165) is 54.9 Å². The van der Waals surface area contributed by atoms with Crippen LogP contribution in [-0.2, 0) is 13.1 Å². The Morgan fingerprint density at radius 2 is 1.83 bits per heavy atom. The van der Waals surface area contributed by atoms with Gasteiger partial charge in [-0.1, -0.05) is 49.6 Å². The van der Waals surface area contributed by atoms with Crippen molar-refractivity contribution in [3.63, 3.8) is 0 Å². The number of amides is 1.